The fraction of sp³-hybridized carbons (Fsp3) is 0.312. The van der Waals surface area contributed by atoms with Gasteiger partial charge in [0.25, 0.3) is 0 Å². The lowest BCUT2D eigenvalue weighted by Crippen LogP contribution is -2.27. The summed E-state index contributed by atoms with van der Waals surface area (Å²) in [5.41, 5.74) is -0.275. The highest BCUT2D eigenvalue weighted by Gasteiger charge is 2.33. The third-order valence-electron chi connectivity index (χ3n) is 3.40. The molecule has 0 bridgehead atoms. The number of carbonyl (C=O) groups is 2. The molecule has 0 saturated carbocycles. The van der Waals surface area contributed by atoms with Crippen LogP contribution in [-0.4, -0.2) is 35.9 Å². The number of halogens is 3. The molecule has 0 unspecified atom stereocenters. The lowest BCUT2D eigenvalue weighted by molar-refractivity contribution is -0.141. The molecule has 0 aliphatic heterocycles. The van der Waals surface area contributed by atoms with Crippen LogP contribution in [0.5, 0.6) is 5.75 Å². The largest absolute Gasteiger partial charge is 0.496 e. The number of hydrogen-bond acceptors (Lipinski definition) is 5. The smallest absolute Gasteiger partial charge is 0.435 e. The predicted molar refractivity (Wildman–Crippen MR) is 83.4 cm³/mol. The first-order valence-electron chi connectivity index (χ1n) is 7.37. The van der Waals surface area contributed by atoms with E-state index in [1.165, 1.54) is 20.3 Å². The Morgan fingerprint density at radius 1 is 1.23 bits per heavy atom. The Morgan fingerprint density at radius 3 is 2.54 bits per heavy atom. The molecular formula is C16H16F3N3O4. The van der Waals surface area contributed by atoms with E-state index < -0.39 is 23.7 Å². The molecule has 140 valence electrons. The van der Waals surface area contributed by atoms with E-state index in [1.807, 2.05) is 0 Å². The maximum atomic E-state index is 12.5. The number of nitrogens with one attached hydrogen (secondary N) is 1. The van der Waals surface area contributed by atoms with Crippen molar-refractivity contribution in [1.82, 2.24) is 15.1 Å². The average molecular weight is 371 g/mol. The summed E-state index contributed by atoms with van der Waals surface area (Å²) in [5.74, 6) is -0.799. The quantitative estimate of drug-likeness (QED) is 0.786. The number of aromatic nitrogens is 2. The van der Waals surface area contributed by atoms with Crippen LogP contribution in [-0.2, 0) is 28.8 Å². The van der Waals surface area contributed by atoms with Crippen LogP contribution in [0.2, 0.25) is 0 Å². The molecule has 26 heavy (non-hydrogen) atoms. The number of esters is 1. The minimum absolute atomic E-state index is 0.0697. The van der Waals surface area contributed by atoms with E-state index in [-0.39, 0.29) is 18.7 Å². The van der Waals surface area contributed by atoms with Gasteiger partial charge in [0.1, 0.15) is 17.9 Å². The van der Waals surface area contributed by atoms with Crippen LogP contribution in [0.1, 0.15) is 21.6 Å². The van der Waals surface area contributed by atoms with E-state index in [0.29, 0.717) is 11.3 Å². The van der Waals surface area contributed by atoms with Crippen molar-refractivity contribution >= 4 is 11.9 Å². The Labute approximate surface area is 146 Å². The van der Waals surface area contributed by atoms with Gasteiger partial charge in [0.15, 0.2) is 5.69 Å². The van der Waals surface area contributed by atoms with E-state index in [4.69, 9.17) is 4.74 Å². The summed E-state index contributed by atoms with van der Waals surface area (Å²) < 4.78 is 48.1. The van der Waals surface area contributed by atoms with Gasteiger partial charge in [-0.3, -0.25) is 9.48 Å². The number of amides is 1. The number of rotatable bonds is 6. The van der Waals surface area contributed by atoms with Gasteiger partial charge < -0.3 is 14.8 Å². The van der Waals surface area contributed by atoms with Crippen molar-refractivity contribution in [3.05, 3.63) is 47.3 Å². The Morgan fingerprint density at radius 2 is 1.96 bits per heavy atom. The summed E-state index contributed by atoms with van der Waals surface area (Å²) in [6.45, 7) is -0.295. The van der Waals surface area contributed by atoms with E-state index in [9.17, 15) is 22.8 Å². The number of methoxy groups -OCH3 is 2. The second kappa shape index (κ2) is 7.89. The minimum Gasteiger partial charge on any atom is -0.496 e. The normalized spacial score (nSPS) is 11.1. The minimum atomic E-state index is -4.56. The van der Waals surface area contributed by atoms with Crippen molar-refractivity contribution in [2.45, 2.75) is 19.3 Å². The molecule has 0 spiro atoms. The molecule has 7 nitrogen and oxygen atoms in total. The van der Waals surface area contributed by atoms with E-state index >= 15 is 0 Å². The lowest BCUT2D eigenvalue weighted by atomic mass is 10.1. The molecule has 0 saturated heterocycles. The lowest BCUT2D eigenvalue weighted by Gasteiger charge is -2.10. The van der Waals surface area contributed by atoms with Gasteiger partial charge in [0, 0.05) is 12.7 Å². The molecule has 0 radical (unpaired) electrons. The van der Waals surface area contributed by atoms with Crippen molar-refractivity contribution in [3.8, 4) is 5.75 Å². The van der Waals surface area contributed by atoms with Gasteiger partial charge in [-0.15, -0.1) is 0 Å². The first kappa shape index (κ1) is 19.3. The second-order valence-corrected chi connectivity index (χ2v) is 5.20. The Kier molecular flexibility index (Phi) is 5.86. The number of alkyl halides is 3. The van der Waals surface area contributed by atoms with Crippen LogP contribution < -0.4 is 10.1 Å². The van der Waals surface area contributed by atoms with Gasteiger partial charge in [0.2, 0.25) is 5.91 Å². The van der Waals surface area contributed by atoms with Crippen molar-refractivity contribution in [3.63, 3.8) is 0 Å². The number of nitrogens with zero attached hydrogens (tertiary/aromatic N) is 2. The molecule has 2 aromatic rings. The molecule has 1 aromatic carbocycles. The highest BCUT2D eigenvalue weighted by molar-refractivity contribution is 5.92. The molecule has 0 aliphatic carbocycles. The highest BCUT2D eigenvalue weighted by atomic mass is 19.4. The van der Waals surface area contributed by atoms with Crippen LogP contribution in [0.3, 0.4) is 0 Å². The van der Waals surface area contributed by atoms with E-state index in [1.54, 1.807) is 12.1 Å². The van der Waals surface area contributed by atoms with Gasteiger partial charge in [-0.2, -0.15) is 18.3 Å². The fourth-order valence-corrected chi connectivity index (χ4v) is 2.14. The third-order valence-corrected chi connectivity index (χ3v) is 3.40. The van der Waals surface area contributed by atoms with Crippen LogP contribution >= 0.6 is 0 Å². The monoisotopic (exact) mass is 371 g/mol. The van der Waals surface area contributed by atoms with Crippen molar-refractivity contribution < 1.29 is 32.2 Å². The van der Waals surface area contributed by atoms with Gasteiger partial charge in [-0.1, -0.05) is 6.07 Å². The van der Waals surface area contributed by atoms with Crippen LogP contribution in [0.15, 0.2) is 30.5 Å². The molecule has 0 fully saturated rings. The number of benzene rings is 1. The summed E-state index contributed by atoms with van der Waals surface area (Å²) in [6.07, 6.45) is -3.49. The molecule has 1 amide bonds. The number of carbonyl (C=O) groups excluding carboxylic acids is 2. The summed E-state index contributed by atoms with van der Waals surface area (Å²) >= 11 is 0. The topological polar surface area (TPSA) is 82.5 Å². The van der Waals surface area contributed by atoms with Crippen LogP contribution in [0, 0.1) is 0 Å². The number of ether oxygens (including phenoxy) is 2. The molecule has 1 aromatic heterocycles. The summed E-state index contributed by atoms with van der Waals surface area (Å²) in [7, 11) is 2.64. The van der Waals surface area contributed by atoms with Crippen molar-refractivity contribution in [2.75, 3.05) is 14.2 Å². The average Bonchev–Trinajstić information content (AvgIpc) is 3.07. The predicted octanol–water partition coefficient (Wildman–Crippen LogP) is 2.01. The molecule has 1 heterocycles. The van der Waals surface area contributed by atoms with Gasteiger partial charge >= 0.3 is 12.1 Å². The molecule has 0 atom stereocenters. The van der Waals surface area contributed by atoms with Gasteiger partial charge in [-0.25, -0.2) is 4.79 Å². The first-order chi connectivity index (χ1) is 12.2. The molecule has 0 aliphatic rings. The van der Waals surface area contributed by atoms with Crippen LogP contribution in [0.4, 0.5) is 13.2 Å². The zero-order chi connectivity index (χ0) is 19.3. The fourth-order valence-electron chi connectivity index (χ4n) is 2.14. The SMILES string of the molecule is COC(=O)c1cc(CNC(=O)Cn2ccc(C(F)(F)F)n2)ccc1OC. The van der Waals surface area contributed by atoms with Crippen molar-refractivity contribution in [1.29, 1.82) is 0 Å². The Hall–Kier alpha value is -3.04. The maximum absolute atomic E-state index is 12.5. The Balaban J connectivity index is 1.99. The van der Waals surface area contributed by atoms with E-state index in [0.717, 1.165) is 16.9 Å². The number of hydrogen-bond donors (Lipinski definition) is 1. The van der Waals surface area contributed by atoms with Crippen LogP contribution in [0.25, 0.3) is 0 Å². The second-order valence-electron chi connectivity index (χ2n) is 5.20. The first-order valence-corrected chi connectivity index (χ1v) is 7.37. The van der Waals surface area contributed by atoms with Gasteiger partial charge in [-0.05, 0) is 23.8 Å². The maximum Gasteiger partial charge on any atom is 0.435 e. The molecular weight excluding hydrogens is 355 g/mol. The summed E-state index contributed by atoms with van der Waals surface area (Å²) in [4.78, 5) is 23.6. The van der Waals surface area contributed by atoms with Crippen molar-refractivity contribution in [2.24, 2.45) is 0 Å². The van der Waals surface area contributed by atoms with E-state index in [2.05, 4.69) is 15.2 Å². The zero-order valence-corrected chi connectivity index (χ0v) is 14.0. The summed E-state index contributed by atoms with van der Waals surface area (Å²) in [6, 6.07) is 5.48. The Bertz CT molecular complexity index is 802. The highest BCUT2D eigenvalue weighted by Crippen LogP contribution is 2.27. The summed E-state index contributed by atoms with van der Waals surface area (Å²) in [5, 5.41) is 5.84. The molecule has 2 rings (SSSR count). The third kappa shape index (κ3) is 4.74. The standard InChI is InChI=1S/C16H16F3N3O4/c1-25-12-4-3-10(7-11(12)15(24)26-2)8-20-14(23)9-22-6-5-13(21-22)16(17,18)19/h3-7H,8-9H2,1-2H3,(H,20,23). The van der Waals surface area contributed by atoms with Gasteiger partial charge in [0.05, 0.1) is 14.2 Å². The molecule has 1 N–H and O–H groups in total. The molecule has 10 heteroatoms. The zero-order valence-electron chi connectivity index (χ0n) is 14.0.